The van der Waals surface area contributed by atoms with Crippen molar-refractivity contribution >= 4 is 11.0 Å². The lowest BCUT2D eigenvalue weighted by Gasteiger charge is -2.02. The molecule has 0 aliphatic rings. The van der Waals surface area contributed by atoms with Crippen LogP contribution in [0.25, 0.3) is 11.0 Å². The zero-order chi connectivity index (χ0) is 12.4. The summed E-state index contributed by atoms with van der Waals surface area (Å²) < 4.78 is 5.48. The molecule has 0 saturated carbocycles. The molecule has 0 amide bonds. The third-order valence-electron chi connectivity index (χ3n) is 2.90. The van der Waals surface area contributed by atoms with Crippen molar-refractivity contribution in [3.63, 3.8) is 0 Å². The highest BCUT2D eigenvalue weighted by atomic mass is 16.3. The van der Waals surface area contributed by atoms with Crippen LogP contribution in [0.1, 0.15) is 11.1 Å². The van der Waals surface area contributed by atoms with Gasteiger partial charge in [-0.3, -0.25) is 9.78 Å². The van der Waals surface area contributed by atoms with Crippen molar-refractivity contribution in [3.05, 3.63) is 76.4 Å². The first-order valence-corrected chi connectivity index (χ1v) is 5.73. The molecule has 0 bridgehead atoms. The molecule has 0 radical (unpaired) electrons. The van der Waals surface area contributed by atoms with E-state index in [2.05, 4.69) is 4.98 Å². The number of para-hydroxylation sites is 1. The fourth-order valence-corrected chi connectivity index (χ4v) is 1.96. The summed E-state index contributed by atoms with van der Waals surface area (Å²) in [6.07, 6.45) is 5.55. The third-order valence-corrected chi connectivity index (χ3v) is 2.90. The third kappa shape index (κ3) is 1.91. The number of hydrogen-bond donors (Lipinski definition) is 0. The highest BCUT2D eigenvalue weighted by Gasteiger charge is 2.06. The molecule has 88 valence electrons. The molecule has 3 nitrogen and oxygen atoms in total. The Hall–Kier alpha value is -2.42. The SMILES string of the molecule is O=c1c(Cc2ccncc2)coc2ccccc12. The molecular weight excluding hydrogens is 226 g/mol. The molecule has 0 unspecified atom stereocenters. The van der Waals surface area contributed by atoms with Gasteiger partial charge in [-0.05, 0) is 29.8 Å². The lowest BCUT2D eigenvalue weighted by Crippen LogP contribution is -2.09. The molecule has 0 fully saturated rings. The fraction of sp³-hybridized carbons (Fsp3) is 0.0667. The number of hydrogen-bond acceptors (Lipinski definition) is 3. The number of rotatable bonds is 2. The molecule has 3 heteroatoms. The van der Waals surface area contributed by atoms with Crippen molar-refractivity contribution in [2.24, 2.45) is 0 Å². The highest BCUT2D eigenvalue weighted by molar-refractivity contribution is 5.76. The van der Waals surface area contributed by atoms with Crippen molar-refractivity contribution in [2.75, 3.05) is 0 Å². The first-order valence-electron chi connectivity index (χ1n) is 5.73. The molecule has 0 aliphatic carbocycles. The molecule has 3 aromatic rings. The molecule has 18 heavy (non-hydrogen) atoms. The minimum Gasteiger partial charge on any atom is -0.464 e. The van der Waals surface area contributed by atoms with Crippen LogP contribution in [-0.2, 0) is 6.42 Å². The van der Waals surface area contributed by atoms with Crippen LogP contribution in [0.3, 0.4) is 0 Å². The molecule has 1 aromatic carbocycles. The van der Waals surface area contributed by atoms with Gasteiger partial charge in [-0.2, -0.15) is 0 Å². The average molecular weight is 237 g/mol. The van der Waals surface area contributed by atoms with Gasteiger partial charge in [0.1, 0.15) is 5.58 Å². The van der Waals surface area contributed by atoms with Crippen molar-refractivity contribution in [1.29, 1.82) is 0 Å². The first kappa shape index (κ1) is 10.7. The van der Waals surface area contributed by atoms with Gasteiger partial charge >= 0.3 is 0 Å². The quantitative estimate of drug-likeness (QED) is 0.688. The number of nitrogens with zero attached hydrogens (tertiary/aromatic N) is 1. The van der Waals surface area contributed by atoms with E-state index < -0.39 is 0 Å². The molecule has 0 aliphatic heterocycles. The number of fused-ring (bicyclic) bond motifs is 1. The zero-order valence-electron chi connectivity index (χ0n) is 9.67. The highest BCUT2D eigenvalue weighted by Crippen LogP contribution is 2.12. The second-order valence-corrected chi connectivity index (χ2v) is 4.12. The summed E-state index contributed by atoms with van der Waals surface area (Å²) in [4.78, 5) is 16.2. The van der Waals surface area contributed by atoms with Crippen LogP contribution in [0.2, 0.25) is 0 Å². The lowest BCUT2D eigenvalue weighted by atomic mass is 10.1. The molecule has 0 atom stereocenters. The van der Waals surface area contributed by atoms with E-state index in [0.717, 1.165) is 5.56 Å². The Labute approximate surface area is 104 Å². The van der Waals surface area contributed by atoms with Crippen molar-refractivity contribution in [3.8, 4) is 0 Å². The normalized spacial score (nSPS) is 10.7. The largest absolute Gasteiger partial charge is 0.464 e. The monoisotopic (exact) mass is 237 g/mol. The van der Waals surface area contributed by atoms with Crippen LogP contribution in [0, 0.1) is 0 Å². The Balaban J connectivity index is 2.08. The van der Waals surface area contributed by atoms with Crippen LogP contribution < -0.4 is 5.43 Å². The Bertz CT molecular complexity index is 732. The molecule has 0 saturated heterocycles. The van der Waals surface area contributed by atoms with Gasteiger partial charge in [-0.25, -0.2) is 0 Å². The Kier molecular flexibility index (Phi) is 2.65. The van der Waals surface area contributed by atoms with Gasteiger partial charge in [0, 0.05) is 24.4 Å². The predicted octanol–water partition coefficient (Wildman–Crippen LogP) is 2.78. The molecule has 0 spiro atoms. The van der Waals surface area contributed by atoms with Crippen molar-refractivity contribution in [2.45, 2.75) is 6.42 Å². The maximum atomic E-state index is 12.3. The van der Waals surface area contributed by atoms with E-state index in [1.807, 2.05) is 24.3 Å². The summed E-state index contributed by atoms with van der Waals surface area (Å²) in [6.45, 7) is 0. The Morgan fingerprint density at radius 3 is 2.67 bits per heavy atom. The standard InChI is InChI=1S/C15H11NO2/c17-15-12(9-11-5-7-16-8-6-11)10-18-14-4-2-1-3-13(14)15/h1-8,10H,9H2. The summed E-state index contributed by atoms with van der Waals surface area (Å²) >= 11 is 0. The van der Waals surface area contributed by atoms with Gasteiger partial charge in [-0.1, -0.05) is 12.1 Å². The van der Waals surface area contributed by atoms with Gasteiger partial charge in [0.15, 0.2) is 5.43 Å². The second-order valence-electron chi connectivity index (χ2n) is 4.12. The molecule has 0 N–H and O–H groups in total. The Morgan fingerprint density at radius 1 is 1.06 bits per heavy atom. The minimum atomic E-state index is 0.0358. The Morgan fingerprint density at radius 2 is 1.83 bits per heavy atom. The summed E-state index contributed by atoms with van der Waals surface area (Å²) in [5, 5.41) is 0.629. The van der Waals surface area contributed by atoms with Gasteiger partial charge in [0.25, 0.3) is 0 Å². The van der Waals surface area contributed by atoms with Gasteiger partial charge in [0.05, 0.1) is 11.6 Å². The molecular formula is C15H11NO2. The predicted molar refractivity (Wildman–Crippen MR) is 69.5 cm³/mol. The van der Waals surface area contributed by atoms with E-state index in [-0.39, 0.29) is 5.43 Å². The van der Waals surface area contributed by atoms with E-state index in [4.69, 9.17) is 4.42 Å². The minimum absolute atomic E-state index is 0.0358. The summed E-state index contributed by atoms with van der Waals surface area (Å²) in [6, 6.07) is 11.1. The van der Waals surface area contributed by atoms with E-state index in [1.54, 1.807) is 30.8 Å². The maximum Gasteiger partial charge on any atom is 0.196 e. The zero-order valence-corrected chi connectivity index (χ0v) is 9.67. The van der Waals surface area contributed by atoms with Gasteiger partial charge < -0.3 is 4.42 Å². The van der Waals surface area contributed by atoms with Crippen LogP contribution in [0.5, 0.6) is 0 Å². The van der Waals surface area contributed by atoms with E-state index in [0.29, 0.717) is 23.0 Å². The van der Waals surface area contributed by atoms with E-state index in [9.17, 15) is 4.79 Å². The first-order chi connectivity index (χ1) is 8.84. The number of aromatic nitrogens is 1. The van der Waals surface area contributed by atoms with Crippen LogP contribution in [0.15, 0.2) is 64.3 Å². The topological polar surface area (TPSA) is 43.1 Å². The molecule has 3 rings (SSSR count). The van der Waals surface area contributed by atoms with Crippen molar-refractivity contribution in [1.82, 2.24) is 4.98 Å². The second kappa shape index (κ2) is 4.45. The van der Waals surface area contributed by atoms with Crippen LogP contribution in [-0.4, -0.2) is 4.98 Å². The van der Waals surface area contributed by atoms with E-state index >= 15 is 0 Å². The number of benzene rings is 1. The van der Waals surface area contributed by atoms with Gasteiger partial charge in [0.2, 0.25) is 0 Å². The summed E-state index contributed by atoms with van der Waals surface area (Å²) in [7, 11) is 0. The summed E-state index contributed by atoms with van der Waals surface area (Å²) in [5.41, 5.74) is 2.38. The fourth-order valence-electron chi connectivity index (χ4n) is 1.96. The van der Waals surface area contributed by atoms with Crippen LogP contribution in [0.4, 0.5) is 0 Å². The summed E-state index contributed by atoms with van der Waals surface area (Å²) in [5.74, 6) is 0. The molecule has 2 aromatic heterocycles. The number of pyridine rings is 1. The lowest BCUT2D eigenvalue weighted by molar-refractivity contribution is 0.594. The maximum absolute atomic E-state index is 12.3. The van der Waals surface area contributed by atoms with Crippen LogP contribution >= 0.6 is 0 Å². The van der Waals surface area contributed by atoms with E-state index in [1.165, 1.54) is 0 Å². The smallest absolute Gasteiger partial charge is 0.196 e. The van der Waals surface area contributed by atoms with Crippen molar-refractivity contribution < 1.29 is 4.42 Å². The molecule has 2 heterocycles. The average Bonchev–Trinajstić information content (AvgIpc) is 2.43. The van der Waals surface area contributed by atoms with Gasteiger partial charge in [-0.15, -0.1) is 0 Å².